The molecule has 0 aromatic heterocycles. The average molecular weight is 293 g/mol. The Labute approximate surface area is 120 Å². The van der Waals surface area contributed by atoms with Crippen LogP contribution < -0.4 is 16.4 Å². The highest BCUT2D eigenvalue weighted by atomic mass is 32.2. The topological polar surface area (TPSA) is 101 Å². The number of carbonyl (C=O) groups excluding carboxylic acids is 3. The van der Waals surface area contributed by atoms with E-state index in [1.54, 1.807) is 12.1 Å². The van der Waals surface area contributed by atoms with E-state index in [0.29, 0.717) is 27.6 Å². The first-order chi connectivity index (χ1) is 9.40. The summed E-state index contributed by atoms with van der Waals surface area (Å²) in [6.07, 6.45) is 0. The van der Waals surface area contributed by atoms with Gasteiger partial charge in [-0.2, -0.15) is 0 Å². The van der Waals surface area contributed by atoms with Crippen molar-refractivity contribution in [3.05, 3.63) is 17.7 Å². The van der Waals surface area contributed by atoms with Crippen molar-refractivity contribution in [2.24, 2.45) is 0 Å². The summed E-state index contributed by atoms with van der Waals surface area (Å²) in [5, 5.41) is 5.29. The molecule has 0 aliphatic carbocycles. The number of anilines is 2. The molecule has 1 atom stereocenters. The average Bonchev–Trinajstić information content (AvgIpc) is 2.34. The molecule has 106 valence electrons. The normalized spacial score (nSPS) is 17.3. The van der Waals surface area contributed by atoms with Crippen LogP contribution in [-0.4, -0.2) is 29.4 Å². The number of hydrogen-bond donors (Lipinski definition) is 3. The molecule has 0 radical (unpaired) electrons. The van der Waals surface area contributed by atoms with Crippen LogP contribution in [0.15, 0.2) is 17.0 Å². The number of fused-ring (bicyclic) bond motifs is 1. The molecule has 1 unspecified atom stereocenters. The lowest BCUT2D eigenvalue weighted by Gasteiger charge is -2.26. The molecule has 0 spiro atoms. The minimum absolute atomic E-state index is 0.214. The Morgan fingerprint density at radius 2 is 2.00 bits per heavy atom. The summed E-state index contributed by atoms with van der Waals surface area (Å²) in [7, 11) is 0. The van der Waals surface area contributed by atoms with Crippen molar-refractivity contribution in [1.82, 2.24) is 5.32 Å². The van der Waals surface area contributed by atoms with E-state index < -0.39 is 6.04 Å². The molecule has 1 aromatic carbocycles. The summed E-state index contributed by atoms with van der Waals surface area (Å²) in [5.41, 5.74) is 7.15. The maximum atomic E-state index is 12.4. The number of hydrogen-bond acceptors (Lipinski definition) is 5. The summed E-state index contributed by atoms with van der Waals surface area (Å²) in [6, 6.07) is 2.67. The van der Waals surface area contributed by atoms with E-state index in [1.807, 2.05) is 0 Å². The van der Waals surface area contributed by atoms with Gasteiger partial charge < -0.3 is 16.4 Å². The van der Waals surface area contributed by atoms with Crippen molar-refractivity contribution in [2.75, 3.05) is 16.8 Å². The Bertz CT molecular complexity index is 601. The number of rotatable bonds is 2. The van der Waals surface area contributed by atoms with Gasteiger partial charge in [-0.3, -0.25) is 14.4 Å². The summed E-state index contributed by atoms with van der Waals surface area (Å²) < 4.78 is 0. The molecule has 4 N–H and O–H groups in total. The Kier molecular flexibility index (Phi) is 3.99. The van der Waals surface area contributed by atoms with Crippen LogP contribution in [0.3, 0.4) is 0 Å². The maximum Gasteiger partial charge on any atom is 0.221 e. The van der Waals surface area contributed by atoms with Gasteiger partial charge in [-0.05, 0) is 12.1 Å². The van der Waals surface area contributed by atoms with Gasteiger partial charge >= 0.3 is 0 Å². The fourth-order valence-corrected chi connectivity index (χ4v) is 3.26. The van der Waals surface area contributed by atoms with Crippen LogP contribution >= 0.6 is 11.8 Å². The summed E-state index contributed by atoms with van der Waals surface area (Å²) in [4.78, 5) is 35.3. The number of nitrogens with two attached hydrogens (primary N) is 1. The fraction of sp³-hybridized carbons (Fsp3) is 0.308. The van der Waals surface area contributed by atoms with Crippen molar-refractivity contribution in [3.8, 4) is 0 Å². The number of Topliss-reactive ketones (excluding diaryl/α,β-unsaturated/α-hetero) is 1. The van der Waals surface area contributed by atoms with Crippen molar-refractivity contribution < 1.29 is 14.4 Å². The predicted molar refractivity (Wildman–Crippen MR) is 77.8 cm³/mol. The third-order valence-electron chi connectivity index (χ3n) is 2.84. The molecule has 0 saturated heterocycles. The van der Waals surface area contributed by atoms with Gasteiger partial charge in [0.1, 0.15) is 6.04 Å². The number of nitrogens with one attached hydrogen (secondary N) is 2. The molecule has 1 aliphatic rings. The monoisotopic (exact) mass is 293 g/mol. The molecule has 1 heterocycles. The molecule has 1 aromatic rings. The third kappa shape index (κ3) is 2.77. The smallest absolute Gasteiger partial charge is 0.221 e. The summed E-state index contributed by atoms with van der Waals surface area (Å²) in [6.45, 7) is 2.77. The van der Waals surface area contributed by atoms with Crippen molar-refractivity contribution >= 4 is 40.7 Å². The molecule has 2 rings (SSSR count). The maximum absolute atomic E-state index is 12.4. The molecule has 6 nitrogen and oxygen atoms in total. The van der Waals surface area contributed by atoms with E-state index in [-0.39, 0.29) is 17.6 Å². The molecule has 0 bridgehead atoms. The van der Waals surface area contributed by atoms with Crippen LogP contribution in [0.5, 0.6) is 0 Å². The van der Waals surface area contributed by atoms with Crippen LogP contribution in [0.2, 0.25) is 0 Å². The van der Waals surface area contributed by atoms with Gasteiger partial charge in [-0.15, -0.1) is 11.8 Å². The molecule has 20 heavy (non-hydrogen) atoms. The molecule has 0 saturated carbocycles. The van der Waals surface area contributed by atoms with Gasteiger partial charge in [0.05, 0.1) is 11.3 Å². The van der Waals surface area contributed by atoms with Crippen LogP contribution in [0.1, 0.15) is 24.2 Å². The van der Waals surface area contributed by atoms with Crippen molar-refractivity contribution in [3.63, 3.8) is 0 Å². The van der Waals surface area contributed by atoms with Crippen LogP contribution in [0, 0.1) is 0 Å². The van der Waals surface area contributed by atoms with E-state index in [2.05, 4.69) is 10.6 Å². The van der Waals surface area contributed by atoms with Gasteiger partial charge in [-0.1, -0.05) is 0 Å². The zero-order valence-electron chi connectivity index (χ0n) is 11.1. The number of thioether (sulfide) groups is 1. The van der Waals surface area contributed by atoms with Crippen LogP contribution in [-0.2, 0) is 9.59 Å². The minimum Gasteiger partial charge on any atom is -0.398 e. The van der Waals surface area contributed by atoms with Gasteiger partial charge in [-0.25, -0.2) is 0 Å². The highest BCUT2D eigenvalue weighted by molar-refractivity contribution is 7.99. The quantitative estimate of drug-likeness (QED) is 0.707. The van der Waals surface area contributed by atoms with E-state index in [9.17, 15) is 14.4 Å². The van der Waals surface area contributed by atoms with E-state index >= 15 is 0 Å². The number of benzene rings is 1. The van der Waals surface area contributed by atoms with Gasteiger partial charge in [0.2, 0.25) is 11.8 Å². The predicted octanol–water partition coefficient (Wildman–Crippen LogP) is 1.02. The number of ketones is 1. The van der Waals surface area contributed by atoms with Crippen molar-refractivity contribution in [1.29, 1.82) is 0 Å². The third-order valence-corrected chi connectivity index (χ3v) is 4.05. The lowest BCUT2D eigenvalue weighted by molar-refractivity contribution is -0.119. The van der Waals surface area contributed by atoms with Gasteiger partial charge in [0, 0.05) is 30.2 Å². The van der Waals surface area contributed by atoms with Crippen molar-refractivity contribution in [2.45, 2.75) is 24.8 Å². The zero-order valence-corrected chi connectivity index (χ0v) is 12.0. The summed E-state index contributed by atoms with van der Waals surface area (Å²) >= 11 is 1.40. The highest BCUT2D eigenvalue weighted by Gasteiger charge is 2.32. The standard InChI is InChI=1S/C13H15N3O3S/c1-6(17)15-9-4-3-8(14)11-12(19)10(16-7(2)18)5-20-13(9)11/h3-4,10H,5,14H2,1-2H3,(H,15,17)(H,16,18). The fourth-order valence-electron chi connectivity index (χ4n) is 2.06. The van der Waals surface area contributed by atoms with E-state index in [0.717, 1.165) is 0 Å². The lowest BCUT2D eigenvalue weighted by Crippen LogP contribution is -2.43. The Balaban J connectivity index is 2.42. The SMILES string of the molecule is CC(=O)Nc1ccc(N)c2c1SCC(NC(C)=O)C2=O. The first-order valence-corrected chi connectivity index (χ1v) is 7.03. The Morgan fingerprint density at radius 3 is 2.60 bits per heavy atom. The molecular weight excluding hydrogens is 278 g/mol. The number of amides is 2. The second-order valence-corrected chi connectivity index (χ2v) is 5.55. The minimum atomic E-state index is -0.583. The Hall–Kier alpha value is -2.02. The Morgan fingerprint density at radius 1 is 1.30 bits per heavy atom. The molecule has 2 amide bonds. The second-order valence-electron chi connectivity index (χ2n) is 4.52. The summed E-state index contributed by atoms with van der Waals surface area (Å²) in [5.74, 6) is -0.279. The van der Waals surface area contributed by atoms with Gasteiger partial charge in [0.25, 0.3) is 0 Å². The molecule has 1 aliphatic heterocycles. The second kappa shape index (κ2) is 5.54. The van der Waals surface area contributed by atoms with E-state index in [4.69, 9.17) is 5.73 Å². The first kappa shape index (κ1) is 14.4. The first-order valence-electron chi connectivity index (χ1n) is 6.04. The molecule has 0 fully saturated rings. The lowest BCUT2D eigenvalue weighted by atomic mass is 10.0. The molecular formula is C13H15N3O3S. The number of carbonyl (C=O) groups is 3. The largest absolute Gasteiger partial charge is 0.398 e. The van der Waals surface area contributed by atoms with E-state index in [1.165, 1.54) is 25.6 Å². The van der Waals surface area contributed by atoms with Gasteiger partial charge in [0.15, 0.2) is 5.78 Å². The highest BCUT2D eigenvalue weighted by Crippen LogP contribution is 2.39. The van der Waals surface area contributed by atoms with Crippen LogP contribution in [0.25, 0.3) is 0 Å². The zero-order chi connectivity index (χ0) is 14.9. The molecule has 7 heteroatoms. The van der Waals surface area contributed by atoms with Crippen LogP contribution in [0.4, 0.5) is 11.4 Å². The number of nitrogen functional groups attached to an aromatic ring is 1.